The summed E-state index contributed by atoms with van der Waals surface area (Å²) in [5.74, 6) is -3.03. The highest BCUT2D eigenvalue weighted by atomic mass is 32.1. The van der Waals surface area contributed by atoms with E-state index in [0.717, 1.165) is 0 Å². The summed E-state index contributed by atoms with van der Waals surface area (Å²) in [5, 5.41) is -3.90. The van der Waals surface area contributed by atoms with Gasteiger partial charge in [0.25, 0.3) is 0 Å². The molecule has 9 heteroatoms. The molecule has 0 N–H and O–H groups in total. The van der Waals surface area contributed by atoms with Gasteiger partial charge in [-0.15, -0.1) is 0 Å². The molecule has 2 atom stereocenters. The first-order valence-corrected chi connectivity index (χ1v) is 7.51. The summed E-state index contributed by atoms with van der Waals surface area (Å²) >= 11 is 2.77. The largest absolute Gasteiger partial charge is 0.459 e. The van der Waals surface area contributed by atoms with E-state index in [1.54, 1.807) is 20.8 Å². The van der Waals surface area contributed by atoms with Crippen LogP contribution in [0.4, 0.5) is 8.78 Å². The molecule has 0 spiro atoms. The second-order valence-electron chi connectivity index (χ2n) is 6.49. The van der Waals surface area contributed by atoms with Crippen LogP contribution in [0, 0.1) is 10.8 Å². The van der Waals surface area contributed by atoms with Gasteiger partial charge >= 0.3 is 23.2 Å². The topological polar surface area (TPSA) is 78.9 Å². The molecule has 1 aliphatic carbocycles. The van der Waals surface area contributed by atoms with Gasteiger partial charge in [0.1, 0.15) is 13.2 Å². The maximum atomic E-state index is 12.5. The fourth-order valence-corrected chi connectivity index (χ4v) is 3.24. The van der Waals surface area contributed by atoms with Crippen LogP contribution in [0.15, 0.2) is 0 Å². The van der Waals surface area contributed by atoms with Crippen molar-refractivity contribution in [2.75, 3.05) is 13.2 Å². The summed E-state index contributed by atoms with van der Waals surface area (Å²) < 4.78 is 39.5. The number of esters is 3. The molecular weight excluding hydrogens is 334 g/mol. The van der Waals surface area contributed by atoms with Gasteiger partial charge in [-0.1, -0.05) is 26.5 Å². The number of carbonyl (C=O) groups excluding carboxylic acids is 3. The van der Waals surface area contributed by atoms with Crippen molar-refractivity contribution in [3.63, 3.8) is 0 Å². The minimum Gasteiger partial charge on any atom is -0.459 e. The minimum absolute atomic E-state index is 0.329. The van der Waals surface area contributed by atoms with Crippen molar-refractivity contribution in [3.8, 4) is 0 Å². The molecular formula is C14H18F2O6S. The molecule has 1 saturated carbocycles. The Hall–Kier alpha value is -1.38. The van der Waals surface area contributed by atoms with Crippen molar-refractivity contribution in [1.29, 1.82) is 0 Å². The molecule has 0 radical (unpaired) electrons. The van der Waals surface area contributed by atoms with Gasteiger partial charge in [0.05, 0.1) is 5.41 Å². The molecule has 1 saturated heterocycles. The zero-order valence-electron chi connectivity index (χ0n) is 13.0. The van der Waals surface area contributed by atoms with Crippen LogP contribution >= 0.6 is 12.6 Å². The summed E-state index contributed by atoms with van der Waals surface area (Å²) in [6.45, 7) is 4.30. The van der Waals surface area contributed by atoms with Gasteiger partial charge < -0.3 is 14.2 Å². The minimum atomic E-state index is -3.90. The van der Waals surface area contributed by atoms with Crippen LogP contribution in [-0.2, 0) is 28.6 Å². The van der Waals surface area contributed by atoms with Gasteiger partial charge in [-0.05, 0) is 19.8 Å². The van der Waals surface area contributed by atoms with Gasteiger partial charge in [-0.3, -0.25) is 4.79 Å². The van der Waals surface area contributed by atoms with Crippen molar-refractivity contribution in [1.82, 2.24) is 0 Å². The molecule has 0 aromatic heterocycles. The quantitative estimate of drug-likeness (QED) is 0.351. The van der Waals surface area contributed by atoms with Crippen LogP contribution in [0.3, 0.4) is 0 Å². The summed E-state index contributed by atoms with van der Waals surface area (Å²) in [5.41, 5.74) is -2.92. The summed E-state index contributed by atoms with van der Waals surface area (Å²) in [4.78, 5) is 35.2. The Morgan fingerprint density at radius 2 is 1.78 bits per heavy atom. The number of alkyl halides is 2. The molecule has 0 aromatic carbocycles. The number of rotatable bonds is 5. The first-order chi connectivity index (χ1) is 10.4. The number of hydrogen-bond donors (Lipinski definition) is 1. The Morgan fingerprint density at radius 1 is 1.22 bits per heavy atom. The van der Waals surface area contributed by atoms with Gasteiger partial charge in [-0.25, -0.2) is 9.59 Å². The van der Waals surface area contributed by atoms with Crippen molar-refractivity contribution in [2.24, 2.45) is 10.8 Å². The van der Waals surface area contributed by atoms with E-state index in [1.807, 2.05) is 0 Å². The predicted octanol–water partition coefficient (Wildman–Crippen LogP) is 1.72. The molecule has 2 unspecified atom stereocenters. The van der Waals surface area contributed by atoms with E-state index in [2.05, 4.69) is 17.4 Å². The molecule has 0 amide bonds. The Balaban J connectivity index is 1.95. The summed E-state index contributed by atoms with van der Waals surface area (Å²) in [6, 6.07) is 0. The van der Waals surface area contributed by atoms with Gasteiger partial charge in [0, 0.05) is 5.41 Å². The number of carbonyl (C=O) groups is 3. The first kappa shape index (κ1) is 18.0. The average molecular weight is 352 g/mol. The highest BCUT2D eigenvalue weighted by Gasteiger charge is 2.76. The molecule has 2 bridgehead atoms. The van der Waals surface area contributed by atoms with Crippen LogP contribution in [-0.4, -0.2) is 42.0 Å². The third-order valence-corrected chi connectivity index (χ3v) is 5.39. The second kappa shape index (κ2) is 5.32. The SMILES string of the molecule is CC12CCC(C(=O)OCCOC(=O)C(F)(F)S)(OC1=O)C2(C)C. The van der Waals surface area contributed by atoms with Crippen LogP contribution in [0.1, 0.15) is 33.6 Å². The van der Waals surface area contributed by atoms with Crippen molar-refractivity contribution >= 4 is 30.5 Å². The van der Waals surface area contributed by atoms with Gasteiger partial charge in [-0.2, -0.15) is 8.78 Å². The Kier molecular flexibility index (Phi) is 4.16. The third kappa shape index (κ3) is 2.49. The molecule has 2 rings (SSSR count). The van der Waals surface area contributed by atoms with E-state index in [9.17, 15) is 23.2 Å². The fourth-order valence-electron chi connectivity index (χ4n) is 3.17. The Morgan fingerprint density at radius 3 is 2.22 bits per heavy atom. The lowest BCUT2D eigenvalue weighted by Gasteiger charge is -2.34. The monoisotopic (exact) mass is 352 g/mol. The molecule has 1 heterocycles. The molecule has 2 fully saturated rings. The smallest absolute Gasteiger partial charge is 0.388 e. The van der Waals surface area contributed by atoms with E-state index < -0.39 is 52.8 Å². The highest BCUT2D eigenvalue weighted by Crippen LogP contribution is 2.65. The molecule has 1 aliphatic heterocycles. The number of halogens is 2. The summed E-state index contributed by atoms with van der Waals surface area (Å²) in [7, 11) is 0. The van der Waals surface area contributed by atoms with E-state index in [1.165, 1.54) is 0 Å². The van der Waals surface area contributed by atoms with Crippen LogP contribution in [0.5, 0.6) is 0 Å². The van der Waals surface area contributed by atoms with Gasteiger partial charge in [0.15, 0.2) is 0 Å². The lowest BCUT2D eigenvalue weighted by atomic mass is 9.66. The Bertz CT molecular complexity index is 558. The maximum Gasteiger partial charge on any atom is 0.388 e. The number of fused-ring (bicyclic) bond motifs is 2. The second-order valence-corrected chi connectivity index (χ2v) is 7.05. The molecule has 6 nitrogen and oxygen atoms in total. The molecule has 23 heavy (non-hydrogen) atoms. The van der Waals surface area contributed by atoms with Gasteiger partial charge in [0.2, 0.25) is 5.60 Å². The van der Waals surface area contributed by atoms with Crippen LogP contribution in [0.25, 0.3) is 0 Å². The fraction of sp³-hybridized carbons (Fsp3) is 0.786. The average Bonchev–Trinajstić information content (AvgIpc) is 2.72. The standard InChI is InChI=1S/C14H18F2O6S/c1-11(2)12(3)4-5-13(11,22-8(12)17)9(18)20-6-7-21-10(19)14(15,16)23/h23H,4-7H2,1-3H3. The van der Waals surface area contributed by atoms with Crippen molar-refractivity contribution < 1.29 is 37.4 Å². The normalized spacial score (nSPS) is 31.7. The number of hydrogen-bond acceptors (Lipinski definition) is 7. The zero-order chi connectivity index (χ0) is 17.7. The predicted molar refractivity (Wildman–Crippen MR) is 75.8 cm³/mol. The van der Waals surface area contributed by atoms with Crippen molar-refractivity contribution in [2.45, 2.75) is 44.5 Å². The first-order valence-electron chi connectivity index (χ1n) is 7.06. The lowest BCUT2D eigenvalue weighted by molar-refractivity contribution is -0.185. The third-order valence-electron chi connectivity index (χ3n) is 5.21. The van der Waals surface area contributed by atoms with E-state index in [0.29, 0.717) is 12.8 Å². The highest BCUT2D eigenvalue weighted by molar-refractivity contribution is 7.82. The number of ether oxygens (including phenoxy) is 3. The van der Waals surface area contributed by atoms with E-state index in [-0.39, 0.29) is 0 Å². The number of thiol groups is 1. The molecule has 130 valence electrons. The van der Waals surface area contributed by atoms with Crippen LogP contribution < -0.4 is 0 Å². The maximum absolute atomic E-state index is 12.5. The zero-order valence-corrected chi connectivity index (χ0v) is 13.9. The lowest BCUT2D eigenvalue weighted by Crippen LogP contribution is -2.49. The Labute approximate surface area is 137 Å². The van der Waals surface area contributed by atoms with E-state index >= 15 is 0 Å². The summed E-state index contributed by atoms with van der Waals surface area (Å²) in [6.07, 6.45) is 0.824. The van der Waals surface area contributed by atoms with E-state index in [4.69, 9.17) is 9.47 Å². The molecule has 0 aromatic rings. The van der Waals surface area contributed by atoms with Crippen molar-refractivity contribution in [3.05, 3.63) is 0 Å². The molecule has 2 aliphatic rings. The van der Waals surface area contributed by atoms with Crippen LogP contribution in [0.2, 0.25) is 0 Å².